The number of benzene rings is 1. The third-order valence-corrected chi connectivity index (χ3v) is 5.30. The van der Waals surface area contributed by atoms with E-state index in [0.29, 0.717) is 0 Å². The van der Waals surface area contributed by atoms with Crippen molar-refractivity contribution in [1.29, 1.82) is 0 Å². The first-order chi connectivity index (χ1) is 8.01. The summed E-state index contributed by atoms with van der Waals surface area (Å²) in [7, 11) is -3.60. The fourth-order valence-electron chi connectivity index (χ4n) is 1.33. The smallest absolute Gasteiger partial charge is 0.335 e. The molecule has 2 aromatic rings. The van der Waals surface area contributed by atoms with Crippen LogP contribution in [-0.2, 0) is 9.84 Å². The number of carboxylic acid groups (broad SMARTS) is 1. The molecule has 1 aromatic carbocycles. The number of rotatable bonds is 3. The predicted octanol–water partition coefficient (Wildman–Crippen LogP) is 2.28. The molecule has 6 heteroatoms. The van der Waals surface area contributed by atoms with Crippen molar-refractivity contribution in [3.05, 3.63) is 47.3 Å². The van der Waals surface area contributed by atoms with Gasteiger partial charge in [-0.3, -0.25) is 0 Å². The molecule has 1 heterocycles. The van der Waals surface area contributed by atoms with E-state index in [1.807, 2.05) is 0 Å². The zero-order chi connectivity index (χ0) is 12.5. The molecular formula is C11H8O4S2. The molecule has 0 saturated heterocycles. The van der Waals surface area contributed by atoms with Crippen molar-refractivity contribution in [2.75, 3.05) is 0 Å². The van der Waals surface area contributed by atoms with Gasteiger partial charge in [0.15, 0.2) is 0 Å². The standard InChI is InChI=1S/C11H8O4S2/c12-11(13)8-3-1-4-9(7-8)17(14,15)10-5-2-6-16-10/h1-7H,(H,12,13). The summed E-state index contributed by atoms with van der Waals surface area (Å²) < 4.78 is 24.4. The molecule has 0 aliphatic rings. The molecule has 1 aromatic heterocycles. The van der Waals surface area contributed by atoms with E-state index in [2.05, 4.69) is 0 Å². The van der Waals surface area contributed by atoms with Crippen molar-refractivity contribution in [3.63, 3.8) is 0 Å². The highest BCUT2D eigenvalue weighted by molar-refractivity contribution is 7.93. The van der Waals surface area contributed by atoms with E-state index >= 15 is 0 Å². The zero-order valence-electron chi connectivity index (χ0n) is 8.53. The van der Waals surface area contributed by atoms with Crippen molar-refractivity contribution in [2.24, 2.45) is 0 Å². The normalized spacial score (nSPS) is 11.3. The van der Waals surface area contributed by atoms with Crippen LogP contribution in [0, 0.1) is 0 Å². The molecule has 4 nitrogen and oxygen atoms in total. The minimum atomic E-state index is -3.60. The molecule has 0 atom stereocenters. The van der Waals surface area contributed by atoms with Gasteiger partial charge in [-0.25, -0.2) is 13.2 Å². The maximum Gasteiger partial charge on any atom is 0.335 e. The summed E-state index contributed by atoms with van der Waals surface area (Å²) in [5.74, 6) is -1.15. The van der Waals surface area contributed by atoms with Crippen LogP contribution >= 0.6 is 11.3 Å². The highest BCUT2D eigenvalue weighted by atomic mass is 32.2. The monoisotopic (exact) mass is 268 g/mol. The molecule has 0 bridgehead atoms. The Balaban J connectivity index is 2.55. The summed E-state index contributed by atoms with van der Waals surface area (Å²) in [6.07, 6.45) is 0. The van der Waals surface area contributed by atoms with Crippen molar-refractivity contribution in [3.8, 4) is 0 Å². The SMILES string of the molecule is O=C(O)c1cccc(S(=O)(=O)c2cccs2)c1. The van der Waals surface area contributed by atoms with E-state index in [0.717, 1.165) is 17.4 Å². The lowest BCUT2D eigenvalue weighted by molar-refractivity contribution is 0.0696. The van der Waals surface area contributed by atoms with Gasteiger partial charge in [-0.1, -0.05) is 12.1 Å². The molecule has 17 heavy (non-hydrogen) atoms. The summed E-state index contributed by atoms with van der Waals surface area (Å²) in [6, 6.07) is 8.46. The van der Waals surface area contributed by atoms with Crippen molar-refractivity contribution in [2.45, 2.75) is 9.10 Å². The first-order valence-electron chi connectivity index (χ1n) is 4.64. The summed E-state index contributed by atoms with van der Waals surface area (Å²) in [5.41, 5.74) is -0.0392. The second kappa shape index (κ2) is 4.31. The maximum atomic E-state index is 12.1. The molecule has 0 unspecified atom stereocenters. The predicted molar refractivity (Wildman–Crippen MR) is 63.2 cm³/mol. The Labute approximate surface area is 102 Å². The zero-order valence-corrected chi connectivity index (χ0v) is 10.2. The van der Waals surface area contributed by atoms with E-state index in [-0.39, 0.29) is 14.7 Å². The van der Waals surface area contributed by atoms with Crippen LogP contribution in [0.3, 0.4) is 0 Å². The van der Waals surface area contributed by atoms with E-state index < -0.39 is 15.8 Å². The summed E-state index contributed by atoms with van der Waals surface area (Å²) in [4.78, 5) is 10.8. The van der Waals surface area contributed by atoms with Crippen LogP contribution in [0.2, 0.25) is 0 Å². The van der Waals surface area contributed by atoms with Crippen LogP contribution in [0.15, 0.2) is 50.9 Å². The average Bonchev–Trinajstić information content (AvgIpc) is 2.83. The third-order valence-electron chi connectivity index (χ3n) is 2.15. The van der Waals surface area contributed by atoms with Gasteiger partial charge in [0, 0.05) is 0 Å². The Morgan fingerprint density at radius 1 is 1.18 bits per heavy atom. The van der Waals surface area contributed by atoms with Gasteiger partial charge in [-0.15, -0.1) is 11.3 Å². The molecule has 1 N–H and O–H groups in total. The molecule has 0 saturated carbocycles. The average molecular weight is 268 g/mol. The van der Waals surface area contributed by atoms with Crippen LogP contribution in [-0.4, -0.2) is 19.5 Å². The molecule has 0 aliphatic heterocycles. The minimum Gasteiger partial charge on any atom is -0.478 e. The number of carbonyl (C=O) groups is 1. The summed E-state index contributed by atoms with van der Waals surface area (Å²) in [5, 5.41) is 10.5. The molecule has 0 amide bonds. The van der Waals surface area contributed by atoms with E-state index in [1.54, 1.807) is 11.4 Å². The van der Waals surface area contributed by atoms with Gasteiger partial charge in [0.2, 0.25) is 9.84 Å². The van der Waals surface area contributed by atoms with Crippen LogP contribution in [0.5, 0.6) is 0 Å². The molecule has 0 spiro atoms. The molecule has 0 radical (unpaired) electrons. The highest BCUT2D eigenvalue weighted by Crippen LogP contribution is 2.25. The van der Waals surface area contributed by atoms with Crippen LogP contribution in [0.4, 0.5) is 0 Å². The Bertz CT molecular complexity index is 642. The second-order valence-electron chi connectivity index (χ2n) is 3.27. The first-order valence-corrected chi connectivity index (χ1v) is 7.00. The van der Waals surface area contributed by atoms with Gasteiger partial charge in [-0.05, 0) is 29.6 Å². The number of hydrogen-bond acceptors (Lipinski definition) is 4. The topological polar surface area (TPSA) is 71.4 Å². The number of carboxylic acids is 1. The molecule has 2 rings (SSSR count). The minimum absolute atomic E-state index is 0.000139. The molecule has 88 valence electrons. The third kappa shape index (κ3) is 2.22. The van der Waals surface area contributed by atoms with Gasteiger partial charge in [0.25, 0.3) is 0 Å². The lowest BCUT2D eigenvalue weighted by atomic mass is 10.2. The van der Waals surface area contributed by atoms with E-state index in [1.165, 1.54) is 24.3 Å². The molecular weight excluding hydrogens is 260 g/mol. The summed E-state index contributed by atoms with van der Waals surface area (Å²) in [6.45, 7) is 0. The highest BCUT2D eigenvalue weighted by Gasteiger charge is 2.19. The van der Waals surface area contributed by atoms with E-state index in [4.69, 9.17) is 5.11 Å². The fraction of sp³-hybridized carbons (Fsp3) is 0. The van der Waals surface area contributed by atoms with Crippen molar-refractivity contribution < 1.29 is 18.3 Å². The largest absolute Gasteiger partial charge is 0.478 e. The van der Waals surface area contributed by atoms with Crippen molar-refractivity contribution >= 4 is 27.1 Å². The number of aromatic carboxylic acids is 1. The van der Waals surface area contributed by atoms with E-state index in [9.17, 15) is 13.2 Å². The lowest BCUT2D eigenvalue weighted by Gasteiger charge is -2.02. The van der Waals surface area contributed by atoms with Gasteiger partial charge in [-0.2, -0.15) is 0 Å². The second-order valence-corrected chi connectivity index (χ2v) is 6.39. The Kier molecular flexibility index (Phi) is 2.99. The van der Waals surface area contributed by atoms with Gasteiger partial charge < -0.3 is 5.11 Å². The Hall–Kier alpha value is -1.66. The molecule has 0 aliphatic carbocycles. The Morgan fingerprint density at radius 2 is 1.94 bits per heavy atom. The molecule has 0 fully saturated rings. The first kappa shape index (κ1) is 11.8. The van der Waals surface area contributed by atoms with Gasteiger partial charge >= 0.3 is 5.97 Å². The van der Waals surface area contributed by atoms with Gasteiger partial charge in [0.1, 0.15) is 4.21 Å². The van der Waals surface area contributed by atoms with Gasteiger partial charge in [0.05, 0.1) is 10.5 Å². The number of hydrogen-bond donors (Lipinski definition) is 1. The number of thiophene rings is 1. The van der Waals surface area contributed by atoms with Crippen molar-refractivity contribution in [1.82, 2.24) is 0 Å². The lowest BCUT2D eigenvalue weighted by Crippen LogP contribution is -2.03. The van der Waals surface area contributed by atoms with Crippen LogP contribution in [0.1, 0.15) is 10.4 Å². The number of sulfone groups is 1. The van der Waals surface area contributed by atoms with Crippen LogP contribution < -0.4 is 0 Å². The van der Waals surface area contributed by atoms with Crippen LogP contribution in [0.25, 0.3) is 0 Å². The fourth-order valence-corrected chi connectivity index (χ4v) is 3.77. The Morgan fingerprint density at radius 3 is 2.53 bits per heavy atom. The summed E-state index contributed by atoms with van der Waals surface area (Å²) >= 11 is 1.10. The quantitative estimate of drug-likeness (QED) is 0.927. The maximum absolute atomic E-state index is 12.1.